The van der Waals surface area contributed by atoms with Crippen molar-refractivity contribution < 1.29 is 13.9 Å². The summed E-state index contributed by atoms with van der Waals surface area (Å²) >= 11 is 6.26. The van der Waals surface area contributed by atoms with E-state index in [-0.39, 0.29) is 18.6 Å². The number of amides is 1. The molecule has 1 N–H and O–H groups in total. The molecule has 1 aromatic heterocycles. The number of rotatable bonds is 4. The molecule has 2 aromatic rings. The van der Waals surface area contributed by atoms with Crippen LogP contribution in [0.2, 0.25) is 5.02 Å². The number of fused-ring (bicyclic) bond motifs is 1. The van der Waals surface area contributed by atoms with Gasteiger partial charge in [0, 0.05) is 23.6 Å². The predicted molar refractivity (Wildman–Crippen MR) is 102 cm³/mol. The van der Waals surface area contributed by atoms with Gasteiger partial charge in [0.1, 0.15) is 11.3 Å². The van der Waals surface area contributed by atoms with Gasteiger partial charge >= 0.3 is 5.63 Å². The van der Waals surface area contributed by atoms with Gasteiger partial charge in [0.15, 0.2) is 6.61 Å². The van der Waals surface area contributed by atoms with E-state index in [4.69, 9.17) is 20.8 Å². The molecule has 140 valence electrons. The fourth-order valence-electron chi connectivity index (χ4n) is 3.61. The van der Waals surface area contributed by atoms with E-state index >= 15 is 0 Å². The number of hydrogen-bond acceptors (Lipinski definition) is 4. The number of nitrogens with one attached hydrogen (secondary N) is 1. The topological polar surface area (TPSA) is 68.5 Å². The minimum atomic E-state index is -0.429. The van der Waals surface area contributed by atoms with Crippen molar-refractivity contribution in [3.8, 4) is 5.75 Å². The van der Waals surface area contributed by atoms with E-state index in [1.54, 1.807) is 12.1 Å². The second-order valence-corrected chi connectivity index (χ2v) is 7.66. The monoisotopic (exact) mass is 377 g/mol. The van der Waals surface area contributed by atoms with Crippen molar-refractivity contribution in [3.63, 3.8) is 0 Å². The lowest BCUT2D eigenvalue weighted by molar-refractivity contribution is -0.124. The lowest BCUT2D eigenvalue weighted by Crippen LogP contribution is -2.45. The van der Waals surface area contributed by atoms with Crippen LogP contribution in [0.25, 0.3) is 11.0 Å². The lowest BCUT2D eigenvalue weighted by Gasteiger charge is -2.34. The van der Waals surface area contributed by atoms with Crippen LogP contribution in [-0.4, -0.2) is 18.6 Å². The molecule has 1 saturated carbocycles. The summed E-state index contributed by atoms with van der Waals surface area (Å²) in [5.74, 6) is 1.22. The first-order valence-electron chi connectivity index (χ1n) is 9.01. The zero-order valence-corrected chi connectivity index (χ0v) is 16.1. The molecule has 0 spiro atoms. The summed E-state index contributed by atoms with van der Waals surface area (Å²) in [5.41, 5.74) is 0.744. The average Bonchev–Trinajstić information content (AvgIpc) is 2.58. The van der Waals surface area contributed by atoms with Crippen molar-refractivity contribution in [2.24, 2.45) is 11.8 Å². The average molecular weight is 378 g/mol. The Bertz CT molecular complexity index is 876. The maximum absolute atomic E-state index is 12.3. The molecule has 0 radical (unpaired) electrons. The van der Waals surface area contributed by atoms with Crippen LogP contribution >= 0.6 is 11.6 Å². The van der Waals surface area contributed by atoms with Gasteiger partial charge in [0.25, 0.3) is 5.91 Å². The van der Waals surface area contributed by atoms with Crippen molar-refractivity contribution in [1.29, 1.82) is 0 Å². The van der Waals surface area contributed by atoms with Crippen LogP contribution in [0, 0.1) is 18.8 Å². The predicted octanol–water partition coefficient (Wildman–Crippen LogP) is 4.07. The van der Waals surface area contributed by atoms with E-state index in [2.05, 4.69) is 19.2 Å². The summed E-state index contributed by atoms with van der Waals surface area (Å²) in [5, 5.41) is 4.19. The van der Waals surface area contributed by atoms with Crippen LogP contribution in [-0.2, 0) is 4.79 Å². The zero-order chi connectivity index (χ0) is 18.8. The van der Waals surface area contributed by atoms with Crippen molar-refractivity contribution in [1.82, 2.24) is 5.32 Å². The molecule has 1 aromatic carbocycles. The van der Waals surface area contributed by atoms with Gasteiger partial charge in [-0.05, 0) is 36.8 Å². The highest BCUT2D eigenvalue weighted by atomic mass is 35.5. The van der Waals surface area contributed by atoms with Crippen LogP contribution < -0.4 is 15.7 Å². The van der Waals surface area contributed by atoms with E-state index in [9.17, 15) is 9.59 Å². The molecule has 3 atom stereocenters. The van der Waals surface area contributed by atoms with Gasteiger partial charge in [-0.2, -0.15) is 0 Å². The Labute approximate surface area is 157 Å². The summed E-state index contributed by atoms with van der Waals surface area (Å²) in [6, 6.07) is 4.85. The maximum atomic E-state index is 12.3. The Kier molecular flexibility index (Phi) is 5.56. The molecule has 1 heterocycles. The minimum Gasteiger partial charge on any atom is -0.482 e. The van der Waals surface area contributed by atoms with Crippen LogP contribution in [0.15, 0.2) is 27.4 Å². The summed E-state index contributed by atoms with van der Waals surface area (Å²) in [6.07, 6.45) is 3.34. The fourth-order valence-corrected chi connectivity index (χ4v) is 3.83. The number of carbonyl (C=O) groups is 1. The summed E-state index contributed by atoms with van der Waals surface area (Å²) in [4.78, 5) is 23.8. The van der Waals surface area contributed by atoms with E-state index in [1.807, 2.05) is 6.92 Å². The van der Waals surface area contributed by atoms with Crippen molar-refractivity contribution >= 4 is 28.5 Å². The molecule has 1 aliphatic carbocycles. The number of hydrogen-bond donors (Lipinski definition) is 1. The Morgan fingerprint density at radius 2 is 2.08 bits per heavy atom. The molecule has 0 saturated heterocycles. The van der Waals surface area contributed by atoms with Crippen molar-refractivity contribution in [3.05, 3.63) is 39.2 Å². The van der Waals surface area contributed by atoms with Crippen molar-refractivity contribution in [2.75, 3.05) is 6.61 Å². The number of benzene rings is 1. The summed E-state index contributed by atoms with van der Waals surface area (Å²) < 4.78 is 10.8. The Balaban J connectivity index is 1.68. The maximum Gasteiger partial charge on any atom is 0.336 e. The number of aryl methyl sites for hydroxylation is 1. The number of ether oxygens (including phenoxy) is 1. The summed E-state index contributed by atoms with van der Waals surface area (Å²) in [6.45, 7) is 6.10. The first-order chi connectivity index (χ1) is 12.3. The molecule has 1 amide bonds. The molecule has 0 bridgehead atoms. The first-order valence-corrected chi connectivity index (χ1v) is 9.39. The van der Waals surface area contributed by atoms with Crippen LogP contribution in [0.4, 0.5) is 0 Å². The van der Waals surface area contributed by atoms with Crippen LogP contribution in [0.1, 0.15) is 38.7 Å². The largest absolute Gasteiger partial charge is 0.482 e. The third-order valence-corrected chi connectivity index (χ3v) is 5.71. The highest BCUT2D eigenvalue weighted by Crippen LogP contribution is 2.31. The van der Waals surface area contributed by atoms with Gasteiger partial charge in [0.2, 0.25) is 0 Å². The molecular weight excluding hydrogens is 354 g/mol. The second-order valence-electron chi connectivity index (χ2n) is 7.26. The highest BCUT2D eigenvalue weighted by Gasteiger charge is 2.28. The Hall–Kier alpha value is -2.01. The van der Waals surface area contributed by atoms with E-state index in [1.165, 1.54) is 12.5 Å². The Morgan fingerprint density at radius 3 is 2.85 bits per heavy atom. The lowest BCUT2D eigenvalue weighted by atomic mass is 9.78. The molecular formula is C20H24ClNO4. The quantitative estimate of drug-likeness (QED) is 0.815. The molecule has 0 unspecified atom stereocenters. The molecule has 0 aliphatic heterocycles. The van der Waals surface area contributed by atoms with E-state index in [0.717, 1.165) is 23.8 Å². The second kappa shape index (κ2) is 7.70. The first kappa shape index (κ1) is 18.8. The third-order valence-electron chi connectivity index (χ3n) is 5.42. The molecule has 1 aliphatic rings. The number of halogens is 1. The van der Waals surface area contributed by atoms with Gasteiger partial charge in [-0.1, -0.05) is 38.3 Å². The van der Waals surface area contributed by atoms with Gasteiger partial charge in [0.05, 0.1) is 5.02 Å². The molecule has 6 heteroatoms. The zero-order valence-electron chi connectivity index (χ0n) is 15.3. The van der Waals surface area contributed by atoms with Crippen LogP contribution in [0.3, 0.4) is 0 Å². The third kappa shape index (κ3) is 4.04. The smallest absolute Gasteiger partial charge is 0.336 e. The number of carbonyl (C=O) groups excluding carboxylic acids is 1. The van der Waals surface area contributed by atoms with Gasteiger partial charge < -0.3 is 14.5 Å². The normalized spacial score (nSPS) is 23.0. The van der Waals surface area contributed by atoms with Gasteiger partial charge in [-0.15, -0.1) is 0 Å². The van der Waals surface area contributed by atoms with Crippen LogP contribution in [0.5, 0.6) is 5.75 Å². The van der Waals surface area contributed by atoms with E-state index < -0.39 is 5.63 Å². The summed E-state index contributed by atoms with van der Waals surface area (Å²) in [7, 11) is 0. The standard InChI is InChI=1S/C20H24ClNO4/c1-11-5-4-6-16(13(11)3)22-19(23)10-25-18-9-17-14(8-15(18)21)12(2)7-20(24)26-17/h7-9,11,13,16H,4-6,10H2,1-3H3,(H,22,23)/t11-,13+,16-/m1/s1. The SMILES string of the molecule is Cc1cc(=O)oc2cc(OCC(=O)N[C@@H]3CCC[C@@H](C)[C@@H]3C)c(Cl)cc12. The Morgan fingerprint density at radius 1 is 1.31 bits per heavy atom. The molecule has 26 heavy (non-hydrogen) atoms. The molecule has 5 nitrogen and oxygen atoms in total. The fraction of sp³-hybridized carbons (Fsp3) is 0.500. The highest BCUT2D eigenvalue weighted by molar-refractivity contribution is 6.32. The van der Waals surface area contributed by atoms with Gasteiger partial charge in [-0.3, -0.25) is 4.79 Å². The van der Waals surface area contributed by atoms with Crippen molar-refractivity contribution in [2.45, 2.75) is 46.1 Å². The van der Waals surface area contributed by atoms with E-state index in [0.29, 0.717) is 28.2 Å². The molecule has 1 fully saturated rings. The molecule has 3 rings (SSSR count). The minimum absolute atomic E-state index is 0.126. The van der Waals surface area contributed by atoms with Gasteiger partial charge in [-0.25, -0.2) is 4.79 Å².